The smallest absolute Gasteiger partial charge is 0.319 e. The fourth-order valence-electron chi connectivity index (χ4n) is 4.69. The predicted octanol–water partition coefficient (Wildman–Crippen LogP) is 1.89. The third-order valence-electron chi connectivity index (χ3n) is 6.98. The van der Waals surface area contributed by atoms with Crippen molar-refractivity contribution in [1.29, 1.82) is 0 Å². The van der Waals surface area contributed by atoms with Crippen LogP contribution in [0.25, 0.3) is 11.2 Å². The average molecular weight is 527 g/mol. The lowest BCUT2D eigenvalue weighted by Gasteiger charge is -2.21. The normalized spacial score (nSPS) is 22.5. The van der Waals surface area contributed by atoms with Gasteiger partial charge in [0.1, 0.15) is 24.1 Å². The van der Waals surface area contributed by atoms with Gasteiger partial charge in [0.25, 0.3) is 0 Å². The van der Waals surface area contributed by atoms with Crippen LogP contribution in [0.15, 0.2) is 36.9 Å². The Morgan fingerprint density at radius 1 is 1.16 bits per heavy atom. The van der Waals surface area contributed by atoms with Gasteiger partial charge in [-0.3, -0.25) is 4.57 Å². The molecule has 12 heteroatoms. The number of aliphatic hydroxyl groups excluding tert-OH is 2. The van der Waals surface area contributed by atoms with Gasteiger partial charge in [0.05, 0.1) is 12.4 Å². The first kappa shape index (κ1) is 27.7. The molecule has 2 aromatic heterocycles. The molecule has 1 saturated heterocycles. The maximum atomic E-state index is 12.3. The van der Waals surface area contributed by atoms with Crippen molar-refractivity contribution < 1.29 is 19.7 Å². The van der Waals surface area contributed by atoms with Crippen molar-refractivity contribution in [3.05, 3.63) is 42.5 Å². The highest BCUT2D eigenvalue weighted by atomic mass is 16.6. The number of benzene rings is 1. The highest BCUT2D eigenvalue weighted by Crippen LogP contribution is 2.35. The molecule has 1 aliphatic rings. The molecule has 1 fully saturated rings. The Morgan fingerprint density at radius 3 is 2.58 bits per heavy atom. The molecule has 2 amide bonds. The Kier molecular flexibility index (Phi) is 8.46. The number of aromatic nitrogens is 4. The van der Waals surface area contributed by atoms with Gasteiger partial charge in [0, 0.05) is 12.2 Å². The lowest BCUT2D eigenvalue weighted by molar-refractivity contribution is -0.0413. The van der Waals surface area contributed by atoms with Crippen LogP contribution in [0.4, 0.5) is 16.3 Å². The second-order valence-corrected chi connectivity index (χ2v) is 10.8. The summed E-state index contributed by atoms with van der Waals surface area (Å²) >= 11 is 0. The van der Waals surface area contributed by atoms with E-state index in [4.69, 9.17) is 16.2 Å². The molecule has 0 bridgehead atoms. The van der Waals surface area contributed by atoms with Gasteiger partial charge in [-0.25, -0.2) is 19.7 Å². The third kappa shape index (κ3) is 6.21. The van der Waals surface area contributed by atoms with Gasteiger partial charge in [-0.1, -0.05) is 32.9 Å². The number of nitrogen functional groups attached to an aromatic ring is 1. The van der Waals surface area contributed by atoms with Crippen LogP contribution in [0.1, 0.15) is 51.8 Å². The number of amides is 2. The van der Waals surface area contributed by atoms with Crippen LogP contribution in [0, 0.1) is 5.92 Å². The number of aliphatic hydroxyl groups is 2. The van der Waals surface area contributed by atoms with Crippen LogP contribution in [-0.4, -0.2) is 67.2 Å². The largest absolute Gasteiger partial charge is 0.388 e. The molecular weight excluding hydrogens is 488 g/mol. The summed E-state index contributed by atoms with van der Waals surface area (Å²) in [4.78, 5) is 24.6. The van der Waals surface area contributed by atoms with Gasteiger partial charge >= 0.3 is 6.03 Å². The Bertz CT molecular complexity index is 1230. The average Bonchev–Trinajstić information content (AvgIpc) is 3.43. The second kappa shape index (κ2) is 11.6. The molecule has 0 spiro atoms. The number of nitrogens with one attached hydrogen (secondary N) is 2. The van der Waals surface area contributed by atoms with E-state index in [9.17, 15) is 15.0 Å². The third-order valence-corrected chi connectivity index (χ3v) is 6.98. The number of urea groups is 1. The van der Waals surface area contributed by atoms with Crippen molar-refractivity contribution >= 4 is 28.7 Å². The molecule has 1 aromatic carbocycles. The number of imidazole rings is 1. The zero-order chi connectivity index (χ0) is 27.4. The quantitative estimate of drug-likeness (QED) is 0.226. The van der Waals surface area contributed by atoms with Crippen molar-refractivity contribution in [3.8, 4) is 0 Å². The predicted molar refractivity (Wildman–Crippen MR) is 144 cm³/mol. The fraction of sp³-hybridized carbons (Fsp3) is 0.538. The summed E-state index contributed by atoms with van der Waals surface area (Å²) in [5, 5.41) is 27.1. The molecule has 0 aliphatic carbocycles. The monoisotopic (exact) mass is 526 g/mol. The van der Waals surface area contributed by atoms with E-state index in [0.717, 1.165) is 12.1 Å². The summed E-state index contributed by atoms with van der Waals surface area (Å²) in [7, 11) is 0. The van der Waals surface area contributed by atoms with Gasteiger partial charge in [-0.15, -0.1) is 0 Å². The van der Waals surface area contributed by atoms with Gasteiger partial charge in [0.15, 0.2) is 17.7 Å². The molecule has 206 valence electrons. The van der Waals surface area contributed by atoms with Crippen LogP contribution in [-0.2, 0) is 10.2 Å². The first-order chi connectivity index (χ1) is 18.1. The molecule has 0 unspecified atom stereocenters. The first-order valence-electron chi connectivity index (χ1n) is 12.9. The number of carbonyl (C=O) groups excluding carboxylic acids is 1. The Labute approximate surface area is 221 Å². The van der Waals surface area contributed by atoms with Crippen molar-refractivity contribution in [1.82, 2.24) is 24.8 Å². The summed E-state index contributed by atoms with van der Waals surface area (Å²) in [5.41, 5.74) is 14.6. The van der Waals surface area contributed by atoms with Crippen LogP contribution in [0.3, 0.4) is 0 Å². The van der Waals surface area contributed by atoms with E-state index in [1.807, 2.05) is 24.3 Å². The minimum Gasteiger partial charge on any atom is -0.388 e. The topological polar surface area (TPSA) is 186 Å². The SMILES string of the molecule is CC(C)(C)c1ccc(NC(=O)NCCC[C@@H](CN)C[C@H]2O[C@@H](n3cnc4c(N)ncnc43)[C@H](O)[C@@H]2O)cc1. The van der Waals surface area contributed by atoms with Crippen LogP contribution in [0.5, 0.6) is 0 Å². The van der Waals surface area contributed by atoms with Crippen LogP contribution in [0.2, 0.25) is 0 Å². The Morgan fingerprint density at radius 2 is 1.89 bits per heavy atom. The highest BCUT2D eigenvalue weighted by molar-refractivity contribution is 5.89. The minimum atomic E-state index is -1.17. The van der Waals surface area contributed by atoms with Gasteiger partial charge in [-0.2, -0.15) is 0 Å². The molecule has 12 nitrogen and oxygen atoms in total. The van der Waals surface area contributed by atoms with Crippen molar-refractivity contribution in [2.24, 2.45) is 11.7 Å². The molecule has 8 N–H and O–H groups in total. The molecule has 3 heterocycles. The van der Waals surface area contributed by atoms with Crippen molar-refractivity contribution in [2.75, 3.05) is 24.1 Å². The van der Waals surface area contributed by atoms with E-state index in [1.165, 1.54) is 18.2 Å². The van der Waals surface area contributed by atoms with E-state index >= 15 is 0 Å². The van der Waals surface area contributed by atoms with E-state index in [0.29, 0.717) is 37.1 Å². The summed E-state index contributed by atoms with van der Waals surface area (Å²) in [5.74, 6) is 0.259. The zero-order valence-corrected chi connectivity index (χ0v) is 22.0. The molecule has 1 aliphatic heterocycles. The summed E-state index contributed by atoms with van der Waals surface area (Å²) in [6, 6.07) is 7.55. The molecule has 38 heavy (non-hydrogen) atoms. The number of carbonyl (C=O) groups is 1. The number of nitrogens with two attached hydrogens (primary N) is 2. The summed E-state index contributed by atoms with van der Waals surface area (Å²) in [6.07, 6.45) is 0.914. The van der Waals surface area contributed by atoms with Gasteiger partial charge in [-0.05, 0) is 54.8 Å². The maximum absolute atomic E-state index is 12.3. The highest BCUT2D eigenvalue weighted by Gasteiger charge is 2.44. The summed E-state index contributed by atoms with van der Waals surface area (Å²) < 4.78 is 7.59. The van der Waals surface area contributed by atoms with Gasteiger partial charge in [0.2, 0.25) is 0 Å². The molecule has 0 saturated carbocycles. The standard InChI is InChI=1S/C26H38N8O4/c1-26(2,3)16-6-8-17(9-7-16)33-25(37)29-10-4-5-15(12-27)11-18-20(35)21(36)24(38-18)34-14-32-19-22(28)30-13-31-23(19)34/h6-9,13-15,18,20-21,24,35-36H,4-5,10-12,27H2,1-3H3,(H2,28,30,31)(H2,29,33,37)/t15-,18-,20-,21-,24-/m1/s1. The number of hydrogen-bond acceptors (Lipinski definition) is 9. The lowest BCUT2D eigenvalue weighted by atomic mass is 9.87. The number of anilines is 2. The zero-order valence-electron chi connectivity index (χ0n) is 22.0. The van der Waals surface area contributed by atoms with Crippen molar-refractivity contribution in [3.63, 3.8) is 0 Å². The van der Waals surface area contributed by atoms with Crippen molar-refractivity contribution in [2.45, 2.75) is 70.0 Å². The lowest BCUT2D eigenvalue weighted by Crippen LogP contribution is -2.34. The summed E-state index contributed by atoms with van der Waals surface area (Å²) in [6.45, 7) is 7.29. The number of rotatable bonds is 9. The van der Waals surface area contributed by atoms with E-state index in [-0.39, 0.29) is 23.2 Å². The van der Waals surface area contributed by atoms with E-state index in [2.05, 4.69) is 46.4 Å². The molecule has 3 aromatic rings. The first-order valence-corrected chi connectivity index (χ1v) is 12.9. The molecule has 4 rings (SSSR count). The maximum Gasteiger partial charge on any atom is 0.319 e. The van der Waals surface area contributed by atoms with Gasteiger partial charge < -0.3 is 37.1 Å². The van der Waals surface area contributed by atoms with Crippen LogP contribution >= 0.6 is 0 Å². The second-order valence-electron chi connectivity index (χ2n) is 10.8. The number of hydrogen-bond donors (Lipinski definition) is 6. The molecular formula is C26H38N8O4. The number of fused-ring (bicyclic) bond motifs is 1. The Balaban J connectivity index is 1.24. The molecule has 5 atom stereocenters. The number of nitrogens with zero attached hydrogens (tertiary/aromatic N) is 4. The molecule has 0 radical (unpaired) electrons. The van der Waals surface area contributed by atoms with E-state index < -0.39 is 24.5 Å². The Hall–Kier alpha value is -3.32. The van der Waals surface area contributed by atoms with E-state index in [1.54, 1.807) is 4.57 Å². The van der Waals surface area contributed by atoms with Crippen LogP contribution < -0.4 is 22.1 Å². The fourth-order valence-corrected chi connectivity index (χ4v) is 4.69. The number of ether oxygens (including phenoxy) is 1. The minimum absolute atomic E-state index is 0.0351.